The molecule has 1 aromatic carbocycles. The average molecular weight is 329 g/mol. The summed E-state index contributed by atoms with van der Waals surface area (Å²) >= 11 is 3.48. The molecule has 0 bridgehead atoms. The van der Waals surface area contributed by atoms with E-state index in [0.29, 0.717) is 17.6 Å². The van der Waals surface area contributed by atoms with Gasteiger partial charge in [0.15, 0.2) is 0 Å². The summed E-state index contributed by atoms with van der Waals surface area (Å²) in [7, 11) is 0. The van der Waals surface area contributed by atoms with Crippen LogP contribution in [-0.4, -0.2) is 25.7 Å². The highest BCUT2D eigenvalue weighted by Crippen LogP contribution is 2.30. The molecule has 0 aliphatic carbocycles. The van der Waals surface area contributed by atoms with E-state index in [4.69, 9.17) is 0 Å². The van der Waals surface area contributed by atoms with Crippen molar-refractivity contribution in [3.8, 4) is 0 Å². The maximum absolute atomic E-state index is 14.1. The number of benzene rings is 1. The Morgan fingerprint density at radius 2 is 2.32 bits per heavy atom. The highest BCUT2D eigenvalue weighted by Gasteiger charge is 2.24. The molecule has 4 heteroatoms. The van der Waals surface area contributed by atoms with E-state index in [9.17, 15) is 4.39 Å². The Hall–Kier alpha value is -0.610. The zero-order valence-corrected chi connectivity index (χ0v) is 13.2. The monoisotopic (exact) mass is 328 g/mol. The van der Waals surface area contributed by atoms with Crippen molar-refractivity contribution < 1.29 is 4.39 Å². The van der Waals surface area contributed by atoms with E-state index in [-0.39, 0.29) is 5.82 Å². The number of anilines is 1. The van der Waals surface area contributed by atoms with Crippen LogP contribution < -0.4 is 10.2 Å². The molecule has 0 saturated carbocycles. The first-order valence-corrected chi connectivity index (χ1v) is 7.85. The van der Waals surface area contributed by atoms with Crippen LogP contribution in [0.25, 0.3) is 0 Å². The lowest BCUT2D eigenvalue weighted by Crippen LogP contribution is -2.42. The maximum atomic E-state index is 14.1. The first-order chi connectivity index (χ1) is 9.13. The summed E-state index contributed by atoms with van der Waals surface area (Å²) in [6.07, 6.45) is 2.19. The van der Waals surface area contributed by atoms with E-state index in [2.05, 4.69) is 40.0 Å². The third kappa shape index (κ3) is 3.48. The van der Waals surface area contributed by atoms with E-state index >= 15 is 0 Å². The summed E-state index contributed by atoms with van der Waals surface area (Å²) in [6.45, 7) is 7.25. The van der Waals surface area contributed by atoms with Gasteiger partial charge in [0.05, 0.1) is 5.69 Å². The molecule has 2 unspecified atom stereocenters. The Morgan fingerprint density at radius 3 is 3.00 bits per heavy atom. The third-order valence-electron chi connectivity index (χ3n) is 4.01. The Morgan fingerprint density at radius 1 is 1.53 bits per heavy atom. The van der Waals surface area contributed by atoms with Crippen LogP contribution in [0.15, 0.2) is 22.7 Å². The van der Waals surface area contributed by atoms with Crippen LogP contribution in [0.5, 0.6) is 0 Å². The summed E-state index contributed by atoms with van der Waals surface area (Å²) in [6, 6.07) is 5.62. The van der Waals surface area contributed by atoms with E-state index in [1.165, 1.54) is 6.07 Å². The lowest BCUT2D eigenvalue weighted by Gasteiger charge is -2.30. The van der Waals surface area contributed by atoms with Gasteiger partial charge in [0.1, 0.15) is 5.82 Å². The topological polar surface area (TPSA) is 15.3 Å². The van der Waals surface area contributed by atoms with Gasteiger partial charge in [-0.15, -0.1) is 0 Å². The van der Waals surface area contributed by atoms with Gasteiger partial charge >= 0.3 is 0 Å². The quantitative estimate of drug-likeness (QED) is 0.907. The summed E-state index contributed by atoms with van der Waals surface area (Å²) < 4.78 is 14.9. The number of hydrogen-bond donors (Lipinski definition) is 1. The summed E-state index contributed by atoms with van der Waals surface area (Å²) in [4.78, 5) is 2.18. The number of nitrogens with one attached hydrogen (secondary N) is 1. The predicted molar refractivity (Wildman–Crippen MR) is 82.2 cm³/mol. The Kier molecular flexibility index (Phi) is 5.22. The molecule has 0 radical (unpaired) electrons. The molecule has 1 aliphatic heterocycles. The number of hydrogen-bond acceptors (Lipinski definition) is 2. The van der Waals surface area contributed by atoms with Crippen LogP contribution in [-0.2, 0) is 0 Å². The van der Waals surface area contributed by atoms with Crippen LogP contribution in [0.1, 0.15) is 26.7 Å². The second-order valence-corrected chi connectivity index (χ2v) is 6.17. The molecular formula is C15H22BrFN2. The maximum Gasteiger partial charge on any atom is 0.147 e. The van der Waals surface area contributed by atoms with Crippen LogP contribution in [0.4, 0.5) is 10.1 Å². The van der Waals surface area contributed by atoms with Gasteiger partial charge in [-0.05, 0) is 46.9 Å². The fourth-order valence-electron chi connectivity index (χ4n) is 2.61. The van der Waals surface area contributed by atoms with Gasteiger partial charge in [0.2, 0.25) is 0 Å². The van der Waals surface area contributed by atoms with Crippen LogP contribution in [0, 0.1) is 11.7 Å². The molecule has 1 heterocycles. The highest BCUT2D eigenvalue weighted by molar-refractivity contribution is 9.10. The zero-order valence-electron chi connectivity index (χ0n) is 11.6. The SMILES string of the molecule is CCC(C)C1CN(c2c(F)cccc2Br)CCCN1. The van der Waals surface area contributed by atoms with Crippen molar-refractivity contribution >= 4 is 21.6 Å². The van der Waals surface area contributed by atoms with Crippen molar-refractivity contribution in [3.05, 3.63) is 28.5 Å². The normalized spacial score (nSPS) is 22.1. The molecule has 0 aromatic heterocycles. The standard InChI is InChI=1S/C15H22BrFN2/c1-3-11(2)14-10-19(9-5-8-18-14)15-12(16)6-4-7-13(15)17/h4,6-7,11,14,18H,3,5,8-10H2,1-2H3. The lowest BCUT2D eigenvalue weighted by atomic mass is 9.99. The Balaban J connectivity index is 2.23. The molecule has 2 atom stereocenters. The Labute approximate surface area is 123 Å². The highest BCUT2D eigenvalue weighted by atomic mass is 79.9. The summed E-state index contributed by atoms with van der Waals surface area (Å²) in [5, 5.41) is 3.59. The molecule has 0 spiro atoms. The van der Waals surface area contributed by atoms with E-state index in [1.54, 1.807) is 6.07 Å². The van der Waals surface area contributed by atoms with E-state index < -0.39 is 0 Å². The molecular weight excluding hydrogens is 307 g/mol. The molecule has 19 heavy (non-hydrogen) atoms. The van der Waals surface area contributed by atoms with Crippen LogP contribution in [0.3, 0.4) is 0 Å². The second kappa shape index (κ2) is 6.71. The van der Waals surface area contributed by atoms with E-state index in [1.807, 2.05) is 6.07 Å². The minimum Gasteiger partial charge on any atom is -0.367 e. The first kappa shape index (κ1) is 14.8. The van der Waals surface area contributed by atoms with Gasteiger partial charge in [-0.25, -0.2) is 4.39 Å². The Bertz CT molecular complexity index is 404. The van der Waals surface area contributed by atoms with Crippen LogP contribution in [0.2, 0.25) is 0 Å². The third-order valence-corrected chi connectivity index (χ3v) is 4.65. The lowest BCUT2D eigenvalue weighted by molar-refractivity contribution is 0.383. The van der Waals surface area contributed by atoms with Crippen molar-refractivity contribution in [1.82, 2.24) is 5.32 Å². The largest absolute Gasteiger partial charge is 0.367 e. The summed E-state index contributed by atoms with van der Waals surface area (Å²) in [5.41, 5.74) is 0.708. The molecule has 1 saturated heterocycles. The van der Waals surface area contributed by atoms with Crippen molar-refractivity contribution in [2.45, 2.75) is 32.7 Å². The minimum absolute atomic E-state index is 0.140. The molecule has 1 aromatic rings. The van der Waals surface area contributed by atoms with Gasteiger partial charge in [-0.2, -0.15) is 0 Å². The minimum atomic E-state index is -0.140. The number of halogens is 2. The molecule has 0 amide bonds. The predicted octanol–water partition coefficient (Wildman–Crippen LogP) is 3.80. The molecule has 106 valence electrons. The number of para-hydroxylation sites is 1. The molecule has 1 N–H and O–H groups in total. The zero-order chi connectivity index (χ0) is 13.8. The van der Waals surface area contributed by atoms with Crippen molar-refractivity contribution in [2.24, 2.45) is 5.92 Å². The number of rotatable bonds is 3. The van der Waals surface area contributed by atoms with Gasteiger partial charge < -0.3 is 10.2 Å². The average Bonchev–Trinajstić information content (AvgIpc) is 2.64. The van der Waals surface area contributed by atoms with E-state index in [0.717, 1.165) is 36.9 Å². The van der Waals surface area contributed by atoms with Gasteiger partial charge in [-0.1, -0.05) is 26.3 Å². The summed E-state index contributed by atoms with van der Waals surface area (Å²) in [5.74, 6) is 0.463. The molecule has 1 aliphatic rings. The molecule has 2 nitrogen and oxygen atoms in total. The van der Waals surface area contributed by atoms with Gasteiger partial charge in [-0.3, -0.25) is 0 Å². The second-order valence-electron chi connectivity index (χ2n) is 5.32. The molecule has 2 rings (SSSR count). The van der Waals surface area contributed by atoms with Gasteiger partial charge in [0.25, 0.3) is 0 Å². The van der Waals surface area contributed by atoms with Gasteiger partial charge in [0, 0.05) is 23.6 Å². The van der Waals surface area contributed by atoms with Crippen LogP contribution >= 0.6 is 15.9 Å². The molecule has 1 fully saturated rings. The van der Waals surface area contributed by atoms with Crippen molar-refractivity contribution in [3.63, 3.8) is 0 Å². The van der Waals surface area contributed by atoms with Crippen molar-refractivity contribution in [1.29, 1.82) is 0 Å². The van der Waals surface area contributed by atoms with Crippen molar-refractivity contribution in [2.75, 3.05) is 24.5 Å². The smallest absolute Gasteiger partial charge is 0.147 e. The number of nitrogens with zero attached hydrogens (tertiary/aromatic N) is 1. The first-order valence-electron chi connectivity index (χ1n) is 7.05. The fraction of sp³-hybridized carbons (Fsp3) is 0.600. The fourth-order valence-corrected chi connectivity index (χ4v) is 3.20.